The SMILES string of the molecule is CC1(C)CCCC(C2CC2C=O)C1. The van der Waals surface area contributed by atoms with E-state index in [1.165, 1.54) is 38.4 Å². The highest BCUT2D eigenvalue weighted by molar-refractivity contribution is 5.58. The fourth-order valence-corrected chi connectivity index (χ4v) is 3.06. The van der Waals surface area contributed by atoms with Gasteiger partial charge in [0.15, 0.2) is 0 Å². The third kappa shape index (κ3) is 1.95. The van der Waals surface area contributed by atoms with E-state index in [9.17, 15) is 4.79 Å². The molecule has 0 radical (unpaired) electrons. The van der Waals surface area contributed by atoms with Crippen LogP contribution in [0.5, 0.6) is 0 Å². The number of hydrogen-bond acceptors (Lipinski definition) is 1. The summed E-state index contributed by atoms with van der Waals surface area (Å²) in [6.07, 6.45) is 7.83. The van der Waals surface area contributed by atoms with Crippen LogP contribution in [0.3, 0.4) is 0 Å². The molecule has 0 amide bonds. The molecule has 0 bridgehead atoms. The first-order valence-electron chi connectivity index (χ1n) is 5.58. The van der Waals surface area contributed by atoms with Crippen molar-refractivity contribution in [3.8, 4) is 0 Å². The highest BCUT2D eigenvalue weighted by Crippen LogP contribution is 2.51. The smallest absolute Gasteiger partial charge is 0.123 e. The van der Waals surface area contributed by atoms with Crippen LogP contribution in [-0.2, 0) is 4.79 Å². The minimum absolute atomic E-state index is 0.430. The molecule has 2 aliphatic carbocycles. The van der Waals surface area contributed by atoms with Crippen molar-refractivity contribution in [2.45, 2.75) is 46.0 Å². The molecule has 13 heavy (non-hydrogen) atoms. The predicted octanol–water partition coefficient (Wildman–Crippen LogP) is 3.04. The summed E-state index contributed by atoms with van der Waals surface area (Å²) >= 11 is 0. The Balaban J connectivity index is 1.90. The Kier molecular flexibility index (Phi) is 2.21. The zero-order valence-corrected chi connectivity index (χ0v) is 8.75. The van der Waals surface area contributed by atoms with Gasteiger partial charge in [-0.25, -0.2) is 0 Å². The molecule has 1 nitrogen and oxygen atoms in total. The number of rotatable bonds is 2. The van der Waals surface area contributed by atoms with E-state index >= 15 is 0 Å². The van der Waals surface area contributed by atoms with E-state index in [4.69, 9.17) is 0 Å². The molecule has 0 saturated heterocycles. The fraction of sp³-hybridized carbons (Fsp3) is 0.917. The maximum Gasteiger partial charge on any atom is 0.123 e. The van der Waals surface area contributed by atoms with E-state index in [2.05, 4.69) is 13.8 Å². The second-order valence-electron chi connectivity index (χ2n) is 5.72. The molecule has 0 aromatic carbocycles. The maximum absolute atomic E-state index is 10.6. The fourth-order valence-electron chi connectivity index (χ4n) is 3.06. The lowest BCUT2D eigenvalue weighted by Gasteiger charge is -2.35. The molecular weight excluding hydrogens is 160 g/mol. The largest absolute Gasteiger partial charge is 0.303 e. The minimum atomic E-state index is 0.430. The van der Waals surface area contributed by atoms with Crippen LogP contribution >= 0.6 is 0 Å². The molecule has 0 aromatic rings. The van der Waals surface area contributed by atoms with Gasteiger partial charge in [-0.3, -0.25) is 0 Å². The molecule has 1 heteroatoms. The average molecular weight is 180 g/mol. The van der Waals surface area contributed by atoms with Gasteiger partial charge in [0, 0.05) is 5.92 Å². The number of carbonyl (C=O) groups is 1. The zero-order valence-electron chi connectivity index (χ0n) is 8.75. The molecule has 0 heterocycles. The summed E-state index contributed by atoms with van der Waals surface area (Å²) in [6.45, 7) is 4.74. The Bertz CT molecular complexity index is 207. The third-order valence-corrected chi connectivity index (χ3v) is 3.91. The summed E-state index contributed by atoms with van der Waals surface area (Å²) in [6, 6.07) is 0. The van der Waals surface area contributed by atoms with Gasteiger partial charge in [0.25, 0.3) is 0 Å². The van der Waals surface area contributed by atoms with Crippen molar-refractivity contribution < 1.29 is 4.79 Å². The molecular formula is C12H20O. The minimum Gasteiger partial charge on any atom is -0.303 e. The van der Waals surface area contributed by atoms with E-state index in [0.717, 1.165) is 11.8 Å². The van der Waals surface area contributed by atoms with Gasteiger partial charge in [-0.05, 0) is 36.5 Å². The van der Waals surface area contributed by atoms with E-state index in [0.29, 0.717) is 11.3 Å². The molecule has 0 spiro atoms. The van der Waals surface area contributed by atoms with Crippen molar-refractivity contribution >= 4 is 6.29 Å². The Morgan fingerprint density at radius 3 is 2.69 bits per heavy atom. The van der Waals surface area contributed by atoms with Crippen molar-refractivity contribution in [2.24, 2.45) is 23.2 Å². The maximum atomic E-state index is 10.6. The Morgan fingerprint density at radius 1 is 1.38 bits per heavy atom. The van der Waals surface area contributed by atoms with E-state index < -0.39 is 0 Å². The summed E-state index contributed by atoms with van der Waals surface area (Å²) in [5.41, 5.74) is 0.541. The molecule has 74 valence electrons. The van der Waals surface area contributed by atoms with Gasteiger partial charge in [0.05, 0.1) is 0 Å². The van der Waals surface area contributed by atoms with Crippen LogP contribution in [0.4, 0.5) is 0 Å². The summed E-state index contributed by atoms with van der Waals surface area (Å²) in [5.74, 6) is 2.05. The second-order valence-corrected chi connectivity index (χ2v) is 5.72. The standard InChI is InChI=1S/C12H20O/c1-12(2)5-3-4-9(7-12)11-6-10(11)8-13/h8-11H,3-7H2,1-2H3. The molecule has 2 fully saturated rings. The van der Waals surface area contributed by atoms with E-state index in [1.807, 2.05) is 0 Å². The first-order chi connectivity index (χ1) is 6.12. The molecule has 2 aliphatic rings. The summed E-state index contributed by atoms with van der Waals surface area (Å²) in [7, 11) is 0. The Morgan fingerprint density at radius 2 is 2.15 bits per heavy atom. The van der Waals surface area contributed by atoms with Crippen LogP contribution in [-0.4, -0.2) is 6.29 Å². The lowest BCUT2D eigenvalue weighted by molar-refractivity contribution is -0.109. The average Bonchev–Trinajstić information content (AvgIpc) is 2.80. The molecule has 3 atom stereocenters. The topological polar surface area (TPSA) is 17.1 Å². The molecule has 0 aliphatic heterocycles. The van der Waals surface area contributed by atoms with Crippen molar-refractivity contribution in [3.05, 3.63) is 0 Å². The van der Waals surface area contributed by atoms with Gasteiger partial charge in [0.1, 0.15) is 6.29 Å². The molecule has 0 N–H and O–H groups in total. The molecule has 2 rings (SSSR count). The van der Waals surface area contributed by atoms with Crippen molar-refractivity contribution in [3.63, 3.8) is 0 Å². The summed E-state index contributed by atoms with van der Waals surface area (Å²) in [5, 5.41) is 0. The van der Waals surface area contributed by atoms with Gasteiger partial charge in [-0.15, -0.1) is 0 Å². The van der Waals surface area contributed by atoms with Crippen LogP contribution in [0.2, 0.25) is 0 Å². The lowest BCUT2D eigenvalue weighted by Crippen LogP contribution is -2.24. The monoisotopic (exact) mass is 180 g/mol. The van der Waals surface area contributed by atoms with Gasteiger partial charge in [0.2, 0.25) is 0 Å². The zero-order chi connectivity index (χ0) is 9.47. The quantitative estimate of drug-likeness (QED) is 0.597. The highest BCUT2D eigenvalue weighted by Gasteiger charge is 2.45. The number of aldehydes is 1. The lowest BCUT2D eigenvalue weighted by atomic mass is 9.70. The van der Waals surface area contributed by atoms with Crippen LogP contribution in [0, 0.1) is 23.2 Å². The second kappa shape index (κ2) is 3.11. The number of hydrogen-bond donors (Lipinski definition) is 0. The van der Waals surface area contributed by atoms with Gasteiger partial charge in [-0.1, -0.05) is 26.7 Å². The molecule has 2 saturated carbocycles. The number of carbonyl (C=O) groups excluding carboxylic acids is 1. The van der Waals surface area contributed by atoms with Gasteiger partial charge >= 0.3 is 0 Å². The van der Waals surface area contributed by atoms with Crippen molar-refractivity contribution in [1.29, 1.82) is 0 Å². The summed E-state index contributed by atoms with van der Waals surface area (Å²) in [4.78, 5) is 10.6. The third-order valence-electron chi connectivity index (χ3n) is 3.91. The van der Waals surface area contributed by atoms with Gasteiger partial charge < -0.3 is 4.79 Å². The Labute approximate surface area is 80.9 Å². The molecule has 0 aromatic heterocycles. The normalized spacial score (nSPS) is 42.8. The van der Waals surface area contributed by atoms with Crippen LogP contribution in [0.1, 0.15) is 46.0 Å². The molecule has 3 unspecified atom stereocenters. The highest BCUT2D eigenvalue weighted by atomic mass is 16.1. The summed E-state index contributed by atoms with van der Waals surface area (Å²) < 4.78 is 0. The van der Waals surface area contributed by atoms with Crippen molar-refractivity contribution in [1.82, 2.24) is 0 Å². The first-order valence-corrected chi connectivity index (χ1v) is 5.58. The Hall–Kier alpha value is -0.330. The van der Waals surface area contributed by atoms with Gasteiger partial charge in [-0.2, -0.15) is 0 Å². The van der Waals surface area contributed by atoms with Crippen molar-refractivity contribution in [2.75, 3.05) is 0 Å². The van der Waals surface area contributed by atoms with Crippen LogP contribution < -0.4 is 0 Å². The first kappa shape index (κ1) is 9.23. The predicted molar refractivity (Wildman–Crippen MR) is 53.4 cm³/mol. The van der Waals surface area contributed by atoms with E-state index in [-0.39, 0.29) is 0 Å². The van der Waals surface area contributed by atoms with Crippen LogP contribution in [0.15, 0.2) is 0 Å². The van der Waals surface area contributed by atoms with E-state index in [1.54, 1.807) is 0 Å². The van der Waals surface area contributed by atoms with Crippen LogP contribution in [0.25, 0.3) is 0 Å².